The van der Waals surface area contributed by atoms with E-state index in [9.17, 15) is 9.59 Å². The highest BCUT2D eigenvalue weighted by Gasteiger charge is 2.31. The minimum atomic E-state index is -0.610. The third-order valence-corrected chi connectivity index (χ3v) is 5.19. The molecule has 1 saturated carbocycles. The van der Waals surface area contributed by atoms with Gasteiger partial charge in [-0.05, 0) is 30.9 Å². The molecule has 2 aliphatic rings. The van der Waals surface area contributed by atoms with Crippen molar-refractivity contribution in [2.45, 2.75) is 44.8 Å². The number of carbonyl (C=O) groups excluding carboxylic acids is 2. The number of nitrogens with one attached hydrogen (secondary N) is 2. The molecule has 0 unspecified atom stereocenters. The molecule has 0 aromatic heterocycles. The van der Waals surface area contributed by atoms with Crippen LogP contribution < -0.4 is 20.3 Å². The molecular weight excluding hydrogens is 318 g/mol. The van der Waals surface area contributed by atoms with Crippen molar-refractivity contribution in [1.82, 2.24) is 10.6 Å². The Morgan fingerprint density at radius 3 is 2.76 bits per heavy atom. The molecule has 1 aromatic carbocycles. The highest BCUT2D eigenvalue weighted by atomic mass is 16.5. The van der Waals surface area contributed by atoms with Crippen LogP contribution in [0.4, 0.5) is 5.69 Å². The van der Waals surface area contributed by atoms with Crippen LogP contribution in [-0.4, -0.2) is 44.1 Å². The van der Waals surface area contributed by atoms with Crippen LogP contribution >= 0.6 is 0 Å². The molecule has 3 rings (SSSR count). The standard InChI is InChI=1S/C19H27N3O3/c1-13-7-3-4-8-14(13)21-18(23)12-22-11-17(19(24)20-2)25-16-10-6-5-9-15(16)22/h5-6,9-10,13-14,17H,3-4,7-8,11-12H2,1-2H3,(H,20,24)(H,21,23)/t13-,14-,17-/m1/s1. The number of rotatable bonds is 4. The maximum atomic E-state index is 12.6. The summed E-state index contributed by atoms with van der Waals surface area (Å²) in [6.45, 7) is 2.80. The number of benzene rings is 1. The predicted octanol–water partition coefficient (Wildman–Crippen LogP) is 1.69. The van der Waals surface area contributed by atoms with Crippen molar-refractivity contribution in [3.63, 3.8) is 0 Å². The number of carbonyl (C=O) groups is 2. The van der Waals surface area contributed by atoms with Crippen molar-refractivity contribution in [3.8, 4) is 5.75 Å². The van der Waals surface area contributed by atoms with Crippen molar-refractivity contribution in [2.75, 3.05) is 25.0 Å². The fourth-order valence-corrected chi connectivity index (χ4v) is 3.71. The molecule has 0 spiro atoms. The SMILES string of the molecule is CNC(=O)[C@H]1CN(CC(=O)N[C@@H]2CCCC[C@H]2C)c2ccccc2O1. The van der Waals surface area contributed by atoms with Crippen LogP contribution in [-0.2, 0) is 9.59 Å². The van der Waals surface area contributed by atoms with Crippen LogP contribution in [0, 0.1) is 5.92 Å². The van der Waals surface area contributed by atoms with E-state index in [1.54, 1.807) is 7.05 Å². The maximum absolute atomic E-state index is 12.6. The predicted molar refractivity (Wildman–Crippen MR) is 96.7 cm³/mol. The lowest BCUT2D eigenvalue weighted by molar-refractivity contribution is -0.128. The number of nitrogens with zero attached hydrogens (tertiary/aromatic N) is 1. The van der Waals surface area contributed by atoms with Crippen molar-refractivity contribution < 1.29 is 14.3 Å². The molecular formula is C19H27N3O3. The first kappa shape index (κ1) is 17.6. The number of hydrogen-bond acceptors (Lipinski definition) is 4. The molecule has 3 atom stereocenters. The molecule has 1 aliphatic heterocycles. The summed E-state index contributed by atoms with van der Waals surface area (Å²) in [7, 11) is 1.59. The van der Waals surface area contributed by atoms with Crippen LogP contribution in [0.1, 0.15) is 32.6 Å². The smallest absolute Gasteiger partial charge is 0.262 e. The lowest BCUT2D eigenvalue weighted by Gasteiger charge is -2.36. The average Bonchev–Trinajstić information content (AvgIpc) is 2.62. The van der Waals surface area contributed by atoms with E-state index in [0.29, 0.717) is 18.2 Å². The largest absolute Gasteiger partial charge is 0.477 e. The number of amides is 2. The highest BCUT2D eigenvalue weighted by molar-refractivity contribution is 5.86. The molecule has 1 aromatic rings. The fraction of sp³-hybridized carbons (Fsp3) is 0.579. The fourth-order valence-electron chi connectivity index (χ4n) is 3.71. The zero-order valence-corrected chi connectivity index (χ0v) is 15.0. The van der Waals surface area contributed by atoms with Gasteiger partial charge in [-0.3, -0.25) is 9.59 Å². The summed E-state index contributed by atoms with van der Waals surface area (Å²) in [5, 5.41) is 5.80. The molecule has 0 bridgehead atoms. The van der Waals surface area contributed by atoms with Crippen molar-refractivity contribution in [3.05, 3.63) is 24.3 Å². The Morgan fingerprint density at radius 1 is 1.24 bits per heavy atom. The topological polar surface area (TPSA) is 70.7 Å². The number of para-hydroxylation sites is 2. The van der Waals surface area contributed by atoms with E-state index in [4.69, 9.17) is 4.74 Å². The molecule has 136 valence electrons. The van der Waals surface area contributed by atoms with Crippen molar-refractivity contribution in [2.24, 2.45) is 5.92 Å². The Labute approximate surface area is 148 Å². The van der Waals surface area contributed by atoms with Gasteiger partial charge in [0.1, 0.15) is 5.75 Å². The number of anilines is 1. The summed E-state index contributed by atoms with van der Waals surface area (Å²) in [5.41, 5.74) is 0.856. The zero-order chi connectivity index (χ0) is 17.8. The Morgan fingerprint density at radius 2 is 2.00 bits per heavy atom. The van der Waals surface area contributed by atoms with Crippen LogP contribution in [0.15, 0.2) is 24.3 Å². The second-order valence-electron chi connectivity index (χ2n) is 7.00. The normalized spacial score (nSPS) is 25.5. The van der Waals surface area contributed by atoms with Gasteiger partial charge in [0.25, 0.3) is 5.91 Å². The van der Waals surface area contributed by atoms with Crippen LogP contribution in [0.25, 0.3) is 0 Å². The monoisotopic (exact) mass is 345 g/mol. The Kier molecular flexibility index (Phi) is 5.46. The van der Waals surface area contributed by atoms with Gasteiger partial charge in [0.15, 0.2) is 6.10 Å². The second kappa shape index (κ2) is 7.76. The van der Waals surface area contributed by atoms with E-state index in [0.717, 1.165) is 12.1 Å². The van der Waals surface area contributed by atoms with E-state index >= 15 is 0 Å². The minimum Gasteiger partial charge on any atom is -0.477 e. The lowest BCUT2D eigenvalue weighted by Crippen LogP contribution is -2.52. The Hall–Kier alpha value is -2.24. The van der Waals surface area contributed by atoms with Gasteiger partial charge in [0.2, 0.25) is 5.91 Å². The highest BCUT2D eigenvalue weighted by Crippen LogP contribution is 2.33. The first-order chi connectivity index (χ1) is 12.1. The quantitative estimate of drug-likeness (QED) is 0.871. The van der Waals surface area contributed by atoms with Crippen molar-refractivity contribution >= 4 is 17.5 Å². The molecule has 6 nitrogen and oxygen atoms in total. The number of ether oxygens (including phenoxy) is 1. The summed E-state index contributed by atoms with van der Waals surface area (Å²) in [6, 6.07) is 7.79. The number of likely N-dealkylation sites (N-methyl/N-ethyl adjacent to an activating group) is 1. The van der Waals surface area contributed by atoms with E-state index in [-0.39, 0.29) is 24.4 Å². The van der Waals surface area contributed by atoms with Gasteiger partial charge >= 0.3 is 0 Å². The molecule has 1 aliphatic carbocycles. The third kappa shape index (κ3) is 4.06. The van der Waals surface area contributed by atoms with Gasteiger partial charge < -0.3 is 20.3 Å². The molecule has 2 amide bonds. The number of fused-ring (bicyclic) bond motifs is 1. The van der Waals surface area contributed by atoms with E-state index in [1.165, 1.54) is 19.3 Å². The molecule has 0 saturated heterocycles. The number of hydrogen-bond donors (Lipinski definition) is 2. The van der Waals surface area contributed by atoms with Crippen LogP contribution in [0.5, 0.6) is 5.75 Å². The summed E-state index contributed by atoms with van der Waals surface area (Å²) in [4.78, 5) is 26.5. The summed E-state index contributed by atoms with van der Waals surface area (Å²) < 4.78 is 5.78. The Bertz CT molecular complexity index is 634. The summed E-state index contributed by atoms with van der Waals surface area (Å²) in [6.07, 6.45) is 4.03. The van der Waals surface area contributed by atoms with Crippen LogP contribution in [0.3, 0.4) is 0 Å². The lowest BCUT2D eigenvalue weighted by atomic mass is 9.86. The van der Waals surface area contributed by atoms with E-state index in [2.05, 4.69) is 17.6 Å². The van der Waals surface area contributed by atoms with E-state index < -0.39 is 6.10 Å². The molecule has 6 heteroatoms. The average molecular weight is 345 g/mol. The first-order valence-corrected chi connectivity index (χ1v) is 9.10. The molecule has 1 heterocycles. The summed E-state index contributed by atoms with van der Waals surface area (Å²) in [5.74, 6) is 0.987. The second-order valence-corrected chi connectivity index (χ2v) is 7.00. The van der Waals surface area contributed by atoms with E-state index in [1.807, 2.05) is 29.2 Å². The van der Waals surface area contributed by atoms with Gasteiger partial charge in [-0.25, -0.2) is 0 Å². The van der Waals surface area contributed by atoms with Crippen molar-refractivity contribution in [1.29, 1.82) is 0 Å². The van der Waals surface area contributed by atoms with Gasteiger partial charge in [-0.15, -0.1) is 0 Å². The summed E-state index contributed by atoms with van der Waals surface area (Å²) >= 11 is 0. The van der Waals surface area contributed by atoms with Gasteiger partial charge in [0.05, 0.1) is 18.8 Å². The molecule has 25 heavy (non-hydrogen) atoms. The molecule has 1 fully saturated rings. The van der Waals surface area contributed by atoms with Gasteiger partial charge in [0, 0.05) is 13.1 Å². The maximum Gasteiger partial charge on any atom is 0.262 e. The Balaban J connectivity index is 1.69. The van der Waals surface area contributed by atoms with Crippen LogP contribution in [0.2, 0.25) is 0 Å². The zero-order valence-electron chi connectivity index (χ0n) is 15.0. The first-order valence-electron chi connectivity index (χ1n) is 9.10. The third-order valence-electron chi connectivity index (χ3n) is 5.19. The molecule has 2 N–H and O–H groups in total. The van der Waals surface area contributed by atoms with Gasteiger partial charge in [-0.2, -0.15) is 0 Å². The molecule has 0 radical (unpaired) electrons. The minimum absolute atomic E-state index is 0.00566. The van der Waals surface area contributed by atoms with Gasteiger partial charge in [-0.1, -0.05) is 31.9 Å².